The van der Waals surface area contributed by atoms with Crippen molar-refractivity contribution >= 4 is 21.6 Å². The van der Waals surface area contributed by atoms with E-state index in [0.29, 0.717) is 23.5 Å². The van der Waals surface area contributed by atoms with Gasteiger partial charge in [0.25, 0.3) is 15.9 Å². The number of hydrogen-bond acceptors (Lipinski definition) is 4. The number of nitrogens with zero attached hydrogens (tertiary/aromatic N) is 2. The van der Waals surface area contributed by atoms with Gasteiger partial charge in [-0.1, -0.05) is 36.4 Å². The first kappa shape index (κ1) is 22.8. The van der Waals surface area contributed by atoms with Gasteiger partial charge in [0.2, 0.25) is 0 Å². The second-order valence-corrected chi connectivity index (χ2v) is 9.77. The summed E-state index contributed by atoms with van der Waals surface area (Å²) >= 11 is 0. The van der Waals surface area contributed by atoms with Crippen LogP contribution < -0.4 is 9.04 Å². The molecule has 1 heterocycles. The van der Waals surface area contributed by atoms with E-state index in [0.717, 1.165) is 18.4 Å². The van der Waals surface area contributed by atoms with Crippen LogP contribution >= 0.6 is 0 Å². The molecule has 0 spiro atoms. The largest absolute Gasteiger partial charge is 0.484 e. The van der Waals surface area contributed by atoms with Gasteiger partial charge in [0.15, 0.2) is 6.61 Å². The van der Waals surface area contributed by atoms with Crippen LogP contribution in [0.1, 0.15) is 17.5 Å². The molecule has 1 aliphatic heterocycles. The molecule has 1 aliphatic rings. The molecule has 0 unspecified atom stereocenters. The minimum atomic E-state index is -3.71. The maximum absolute atomic E-state index is 13.8. The molecule has 172 valence electrons. The van der Waals surface area contributed by atoms with Crippen molar-refractivity contribution in [3.05, 3.63) is 89.7 Å². The Morgan fingerprint density at radius 3 is 2.48 bits per heavy atom. The number of para-hydroxylation sites is 1. The van der Waals surface area contributed by atoms with Crippen LogP contribution in [-0.4, -0.2) is 39.4 Å². The number of fused-ring (bicyclic) bond motifs is 1. The van der Waals surface area contributed by atoms with Crippen molar-refractivity contribution in [2.24, 2.45) is 0 Å². The monoisotopic (exact) mass is 468 g/mol. The summed E-state index contributed by atoms with van der Waals surface area (Å²) in [5.41, 5.74) is 2.15. The van der Waals surface area contributed by atoms with Crippen molar-refractivity contribution < 1.29 is 22.3 Å². The molecule has 4 rings (SSSR count). The zero-order valence-electron chi connectivity index (χ0n) is 18.3. The molecule has 0 fully saturated rings. The van der Waals surface area contributed by atoms with Crippen LogP contribution in [-0.2, 0) is 27.8 Å². The summed E-state index contributed by atoms with van der Waals surface area (Å²) in [4.78, 5) is 13.9. The van der Waals surface area contributed by atoms with Gasteiger partial charge in [-0.05, 0) is 54.8 Å². The number of anilines is 1. The van der Waals surface area contributed by atoms with Gasteiger partial charge in [-0.25, -0.2) is 12.8 Å². The average Bonchev–Trinajstić information content (AvgIpc) is 2.83. The summed E-state index contributed by atoms with van der Waals surface area (Å²) < 4.78 is 47.2. The van der Waals surface area contributed by atoms with Crippen molar-refractivity contribution in [2.75, 3.05) is 24.5 Å². The third-order valence-electron chi connectivity index (χ3n) is 5.63. The molecule has 0 bridgehead atoms. The Morgan fingerprint density at radius 2 is 1.73 bits per heavy atom. The van der Waals surface area contributed by atoms with Gasteiger partial charge in [-0.3, -0.25) is 9.10 Å². The molecule has 33 heavy (non-hydrogen) atoms. The molecular weight excluding hydrogens is 443 g/mol. The van der Waals surface area contributed by atoms with Crippen molar-refractivity contribution in [3.8, 4) is 5.75 Å². The maximum atomic E-state index is 13.8. The van der Waals surface area contributed by atoms with Gasteiger partial charge >= 0.3 is 0 Å². The molecule has 6 nitrogen and oxygen atoms in total. The number of ether oxygens (including phenoxy) is 1. The van der Waals surface area contributed by atoms with Gasteiger partial charge in [0, 0.05) is 25.7 Å². The highest BCUT2D eigenvalue weighted by Gasteiger charge is 2.28. The fraction of sp³-hybridized carbons (Fsp3) is 0.240. The molecule has 0 aromatic heterocycles. The van der Waals surface area contributed by atoms with E-state index in [9.17, 15) is 17.6 Å². The van der Waals surface area contributed by atoms with E-state index in [4.69, 9.17) is 4.74 Å². The zero-order chi connectivity index (χ0) is 23.4. The van der Waals surface area contributed by atoms with E-state index in [1.807, 2.05) is 24.3 Å². The summed E-state index contributed by atoms with van der Waals surface area (Å²) in [5.74, 6) is -0.313. The Hall–Kier alpha value is -3.39. The van der Waals surface area contributed by atoms with E-state index >= 15 is 0 Å². The highest BCUT2D eigenvalue weighted by atomic mass is 32.2. The third kappa shape index (κ3) is 5.01. The number of likely N-dealkylation sites (N-methyl/N-ethyl adjacent to an activating group) is 1. The zero-order valence-corrected chi connectivity index (χ0v) is 19.1. The van der Waals surface area contributed by atoms with Gasteiger partial charge in [0.05, 0.1) is 10.6 Å². The second kappa shape index (κ2) is 9.62. The quantitative estimate of drug-likeness (QED) is 0.526. The molecule has 0 saturated heterocycles. The fourth-order valence-electron chi connectivity index (χ4n) is 3.81. The van der Waals surface area contributed by atoms with Gasteiger partial charge in [-0.2, -0.15) is 0 Å². The lowest BCUT2D eigenvalue weighted by atomic mass is 10.0. The molecule has 1 amide bonds. The topological polar surface area (TPSA) is 66.9 Å². The molecule has 0 radical (unpaired) electrons. The van der Waals surface area contributed by atoms with E-state index in [1.165, 1.54) is 39.5 Å². The van der Waals surface area contributed by atoms with Crippen molar-refractivity contribution in [1.82, 2.24) is 4.90 Å². The summed E-state index contributed by atoms with van der Waals surface area (Å²) in [5, 5.41) is 0. The number of benzene rings is 3. The molecule has 3 aromatic carbocycles. The molecule has 0 saturated carbocycles. The van der Waals surface area contributed by atoms with E-state index in [1.54, 1.807) is 25.2 Å². The number of carbonyl (C=O) groups is 1. The first-order valence-corrected chi connectivity index (χ1v) is 12.1. The van der Waals surface area contributed by atoms with E-state index in [2.05, 4.69) is 0 Å². The minimum Gasteiger partial charge on any atom is -0.484 e. The predicted molar refractivity (Wildman–Crippen MR) is 124 cm³/mol. The van der Waals surface area contributed by atoms with Crippen LogP contribution in [0.25, 0.3) is 0 Å². The van der Waals surface area contributed by atoms with Gasteiger partial charge in [-0.15, -0.1) is 0 Å². The molecular formula is C25H25FN2O4S. The number of amides is 1. The first-order chi connectivity index (χ1) is 15.9. The van der Waals surface area contributed by atoms with Crippen molar-refractivity contribution in [1.29, 1.82) is 0 Å². The molecule has 0 atom stereocenters. The molecule has 0 aliphatic carbocycles. The first-order valence-electron chi connectivity index (χ1n) is 10.7. The Morgan fingerprint density at radius 1 is 1.03 bits per heavy atom. The standard InChI is InChI=1S/C25H25FN2O4S/c1-27(17-20-8-2-4-10-23(20)26)25(29)18-32-21-12-14-22(15-13-21)33(30,31)28-16-6-9-19-7-3-5-11-24(19)28/h2-5,7-8,10-15H,6,9,16-18H2,1H3. The third-order valence-corrected chi connectivity index (χ3v) is 7.46. The highest BCUT2D eigenvalue weighted by Crippen LogP contribution is 2.32. The van der Waals surface area contributed by atoms with Gasteiger partial charge in [0.1, 0.15) is 11.6 Å². The smallest absolute Gasteiger partial charge is 0.264 e. The number of hydrogen-bond donors (Lipinski definition) is 0. The number of carbonyl (C=O) groups excluding carboxylic acids is 1. The Balaban J connectivity index is 1.39. The molecule has 0 N–H and O–H groups in total. The predicted octanol–water partition coefficient (Wildman–Crippen LogP) is 4.00. The van der Waals surface area contributed by atoms with Crippen molar-refractivity contribution in [2.45, 2.75) is 24.3 Å². The van der Waals surface area contributed by atoms with E-state index < -0.39 is 10.0 Å². The Labute approximate surface area is 193 Å². The Bertz CT molecular complexity index is 1250. The van der Waals surface area contributed by atoms with Crippen LogP contribution in [0.15, 0.2) is 77.7 Å². The number of halogens is 1. The van der Waals surface area contributed by atoms with Crippen LogP contribution in [0.3, 0.4) is 0 Å². The second-order valence-electron chi connectivity index (χ2n) is 7.91. The fourth-order valence-corrected chi connectivity index (χ4v) is 5.35. The lowest BCUT2D eigenvalue weighted by Crippen LogP contribution is -2.35. The normalized spacial score (nSPS) is 13.3. The van der Waals surface area contributed by atoms with Crippen molar-refractivity contribution in [3.63, 3.8) is 0 Å². The van der Waals surface area contributed by atoms with Gasteiger partial charge < -0.3 is 9.64 Å². The van der Waals surface area contributed by atoms with Crippen LogP contribution in [0, 0.1) is 5.82 Å². The Kier molecular flexibility index (Phi) is 6.65. The summed E-state index contributed by atoms with van der Waals surface area (Å²) in [6, 6.07) is 19.8. The maximum Gasteiger partial charge on any atom is 0.264 e. The number of aryl methyl sites for hydroxylation is 1. The number of rotatable bonds is 7. The highest BCUT2D eigenvalue weighted by molar-refractivity contribution is 7.92. The molecule has 8 heteroatoms. The lowest BCUT2D eigenvalue weighted by molar-refractivity contribution is -0.132. The molecule has 3 aromatic rings. The summed E-state index contributed by atoms with van der Waals surface area (Å²) in [7, 11) is -2.13. The van der Waals surface area contributed by atoms with Crippen LogP contribution in [0.5, 0.6) is 5.75 Å². The summed E-state index contributed by atoms with van der Waals surface area (Å²) in [6.07, 6.45) is 1.62. The lowest BCUT2D eigenvalue weighted by Gasteiger charge is -2.30. The number of sulfonamides is 1. The van der Waals surface area contributed by atoms with Crippen LogP contribution in [0.2, 0.25) is 0 Å². The van der Waals surface area contributed by atoms with Crippen LogP contribution in [0.4, 0.5) is 10.1 Å². The minimum absolute atomic E-state index is 0.128. The SMILES string of the molecule is CN(Cc1ccccc1F)C(=O)COc1ccc(S(=O)(=O)N2CCCc3ccccc32)cc1. The van der Waals surface area contributed by atoms with E-state index in [-0.39, 0.29) is 29.8 Å². The summed E-state index contributed by atoms with van der Waals surface area (Å²) in [6.45, 7) is 0.320. The average molecular weight is 469 g/mol.